The third-order valence-electron chi connectivity index (χ3n) is 4.25. The van der Waals surface area contributed by atoms with Crippen LogP contribution in [0.1, 0.15) is 32.1 Å². The number of benzene rings is 1. The van der Waals surface area contributed by atoms with Crippen LogP contribution in [0.5, 0.6) is 0 Å². The van der Waals surface area contributed by atoms with Gasteiger partial charge >= 0.3 is 0 Å². The summed E-state index contributed by atoms with van der Waals surface area (Å²) < 4.78 is 14.5. The lowest BCUT2D eigenvalue weighted by Crippen LogP contribution is -2.33. The van der Waals surface area contributed by atoms with Crippen LogP contribution in [0.4, 0.5) is 4.39 Å². The van der Waals surface area contributed by atoms with Crippen molar-refractivity contribution < 1.29 is 9.18 Å². The van der Waals surface area contributed by atoms with Gasteiger partial charge in [-0.25, -0.2) is 9.37 Å². The second-order valence-electron chi connectivity index (χ2n) is 6.05. The van der Waals surface area contributed by atoms with Crippen molar-refractivity contribution in [1.29, 1.82) is 0 Å². The van der Waals surface area contributed by atoms with E-state index in [2.05, 4.69) is 16.4 Å². The fraction of sp³-hybridized carbons (Fsp3) is 0.389. The number of halogens is 1. The largest absolute Gasteiger partial charge is 0.354 e. The Labute approximate surface area is 139 Å². The molecule has 1 aliphatic rings. The summed E-state index contributed by atoms with van der Waals surface area (Å²) in [6.07, 6.45) is 9.12. The van der Waals surface area contributed by atoms with E-state index in [1.807, 2.05) is 0 Å². The SMILES string of the molecule is O=C(Cn1cnc2ccc(F)cc2c1=O)NCCC1=CCCCC1. The minimum atomic E-state index is -0.496. The Balaban J connectivity index is 1.62. The van der Waals surface area contributed by atoms with Gasteiger partial charge in [-0.1, -0.05) is 11.6 Å². The van der Waals surface area contributed by atoms with Gasteiger partial charge in [0.1, 0.15) is 12.4 Å². The van der Waals surface area contributed by atoms with E-state index in [0.29, 0.717) is 12.1 Å². The van der Waals surface area contributed by atoms with Crippen molar-refractivity contribution >= 4 is 16.8 Å². The van der Waals surface area contributed by atoms with Gasteiger partial charge in [0, 0.05) is 6.54 Å². The normalized spacial score (nSPS) is 14.5. The molecule has 2 aromatic rings. The molecule has 0 atom stereocenters. The minimum absolute atomic E-state index is 0.114. The molecule has 1 heterocycles. The third kappa shape index (κ3) is 3.88. The van der Waals surface area contributed by atoms with Crippen LogP contribution in [0, 0.1) is 5.82 Å². The molecule has 1 N–H and O–H groups in total. The maximum atomic E-state index is 13.3. The van der Waals surface area contributed by atoms with E-state index < -0.39 is 11.4 Å². The minimum Gasteiger partial charge on any atom is -0.354 e. The van der Waals surface area contributed by atoms with Gasteiger partial charge in [0.05, 0.1) is 17.2 Å². The molecule has 0 aliphatic heterocycles. The Hall–Kier alpha value is -2.50. The Morgan fingerprint density at radius 2 is 2.21 bits per heavy atom. The van der Waals surface area contributed by atoms with Crippen LogP contribution in [-0.2, 0) is 11.3 Å². The maximum Gasteiger partial charge on any atom is 0.261 e. The number of rotatable bonds is 5. The second kappa shape index (κ2) is 7.38. The van der Waals surface area contributed by atoms with Crippen molar-refractivity contribution in [3.63, 3.8) is 0 Å². The molecule has 1 aromatic carbocycles. The summed E-state index contributed by atoms with van der Waals surface area (Å²) in [5.41, 5.74) is 1.40. The zero-order chi connectivity index (χ0) is 16.9. The Morgan fingerprint density at radius 3 is 3.00 bits per heavy atom. The van der Waals surface area contributed by atoms with Gasteiger partial charge in [-0.15, -0.1) is 0 Å². The molecule has 0 saturated carbocycles. The first-order valence-corrected chi connectivity index (χ1v) is 8.23. The molecule has 24 heavy (non-hydrogen) atoms. The smallest absolute Gasteiger partial charge is 0.261 e. The van der Waals surface area contributed by atoms with Gasteiger partial charge in [0.2, 0.25) is 5.91 Å². The number of hydrogen-bond donors (Lipinski definition) is 1. The predicted molar refractivity (Wildman–Crippen MR) is 90.1 cm³/mol. The molecule has 3 rings (SSSR count). The summed E-state index contributed by atoms with van der Waals surface area (Å²) in [4.78, 5) is 28.4. The molecule has 0 saturated heterocycles. The molecule has 0 radical (unpaired) electrons. The third-order valence-corrected chi connectivity index (χ3v) is 4.25. The molecule has 1 aromatic heterocycles. The van der Waals surface area contributed by atoms with Gasteiger partial charge in [0.15, 0.2) is 0 Å². The highest BCUT2D eigenvalue weighted by Crippen LogP contribution is 2.19. The van der Waals surface area contributed by atoms with E-state index in [-0.39, 0.29) is 17.8 Å². The Kier molecular flexibility index (Phi) is 5.03. The number of allylic oxidation sites excluding steroid dienone is 1. The lowest BCUT2D eigenvalue weighted by atomic mass is 9.97. The first-order valence-electron chi connectivity index (χ1n) is 8.23. The first kappa shape index (κ1) is 16.4. The van der Waals surface area contributed by atoms with Crippen LogP contribution < -0.4 is 10.9 Å². The number of aromatic nitrogens is 2. The number of hydrogen-bond acceptors (Lipinski definition) is 3. The standard InChI is InChI=1S/C18H20FN3O2/c19-14-6-7-16-15(10-14)18(24)22(12-21-16)11-17(23)20-9-8-13-4-2-1-3-5-13/h4,6-7,10,12H,1-3,5,8-9,11H2,(H,20,23). The number of carbonyl (C=O) groups is 1. The van der Waals surface area contributed by atoms with Crippen LogP contribution in [0.3, 0.4) is 0 Å². The van der Waals surface area contributed by atoms with Gasteiger partial charge in [-0.2, -0.15) is 0 Å². The lowest BCUT2D eigenvalue weighted by molar-refractivity contribution is -0.121. The fourth-order valence-electron chi connectivity index (χ4n) is 2.95. The molecular weight excluding hydrogens is 309 g/mol. The van der Waals surface area contributed by atoms with Gasteiger partial charge < -0.3 is 5.32 Å². The zero-order valence-corrected chi connectivity index (χ0v) is 13.4. The van der Waals surface area contributed by atoms with Gasteiger partial charge in [0.25, 0.3) is 5.56 Å². The highest BCUT2D eigenvalue weighted by Gasteiger charge is 2.09. The summed E-state index contributed by atoms with van der Waals surface area (Å²) in [6, 6.07) is 3.86. The van der Waals surface area contributed by atoms with E-state index in [1.165, 1.54) is 41.4 Å². The molecule has 0 unspecified atom stereocenters. The van der Waals surface area contributed by atoms with E-state index in [4.69, 9.17) is 0 Å². The van der Waals surface area contributed by atoms with Crippen molar-refractivity contribution in [1.82, 2.24) is 14.9 Å². The fourth-order valence-corrected chi connectivity index (χ4v) is 2.95. The van der Waals surface area contributed by atoms with Crippen molar-refractivity contribution in [3.05, 3.63) is 52.3 Å². The van der Waals surface area contributed by atoms with Crippen LogP contribution in [0.25, 0.3) is 10.9 Å². The van der Waals surface area contributed by atoms with E-state index >= 15 is 0 Å². The average Bonchev–Trinajstić information content (AvgIpc) is 2.59. The van der Waals surface area contributed by atoms with E-state index in [1.54, 1.807) is 0 Å². The summed E-state index contributed by atoms with van der Waals surface area (Å²) >= 11 is 0. The van der Waals surface area contributed by atoms with Crippen molar-refractivity contribution in [3.8, 4) is 0 Å². The van der Waals surface area contributed by atoms with Crippen LogP contribution in [-0.4, -0.2) is 22.0 Å². The number of fused-ring (bicyclic) bond motifs is 1. The molecular formula is C18H20FN3O2. The zero-order valence-electron chi connectivity index (χ0n) is 13.4. The van der Waals surface area contributed by atoms with Gasteiger partial charge in [-0.05, 0) is 50.3 Å². The number of amides is 1. The van der Waals surface area contributed by atoms with Crippen molar-refractivity contribution in [2.75, 3.05) is 6.54 Å². The molecule has 1 amide bonds. The summed E-state index contributed by atoms with van der Waals surface area (Å²) in [5.74, 6) is -0.740. The van der Waals surface area contributed by atoms with Crippen molar-refractivity contribution in [2.24, 2.45) is 0 Å². The molecule has 1 aliphatic carbocycles. The molecule has 0 spiro atoms. The number of carbonyl (C=O) groups excluding carboxylic acids is 1. The predicted octanol–water partition coefficient (Wildman–Crippen LogP) is 2.54. The molecule has 5 nitrogen and oxygen atoms in total. The van der Waals surface area contributed by atoms with E-state index in [0.717, 1.165) is 25.3 Å². The van der Waals surface area contributed by atoms with Crippen molar-refractivity contribution in [2.45, 2.75) is 38.6 Å². The quantitative estimate of drug-likeness (QED) is 0.858. The second-order valence-corrected chi connectivity index (χ2v) is 6.05. The van der Waals surface area contributed by atoms with E-state index in [9.17, 15) is 14.0 Å². The maximum absolute atomic E-state index is 13.3. The summed E-state index contributed by atoms with van der Waals surface area (Å²) in [7, 11) is 0. The number of nitrogens with zero attached hydrogens (tertiary/aromatic N) is 2. The lowest BCUT2D eigenvalue weighted by Gasteiger charge is -2.13. The Morgan fingerprint density at radius 1 is 1.33 bits per heavy atom. The van der Waals surface area contributed by atoms with Crippen LogP contribution >= 0.6 is 0 Å². The van der Waals surface area contributed by atoms with Crippen LogP contribution in [0.15, 0.2) is 41.0 Å². The number of nitrogens with one attached hydrogen (secondary N) is 1. The van der Waals surface area contributed by atoms with Gasteiger partial charge in [-0.3, -0.25) is 14.2 Å². The summed E-state index contributed by atoms with van der Waals surface area (Å²) in [6.45, 7) is 0.451. The first-order chi connectivity index (χ1) is 11.6. The average molecular weight is 329 g/mol. The topological polar surface area (TPSA) is 64.0 Å². The Bertz CT molecular complexity index is 842. The molecule has 0 bridgehead atoms. The summed E-state index contributed by atoms with van der Waals surface area (Å²) in [5, 5.41) is 3.00. The van der Waals surface area contributed by atoms with Crippen LogP contribution in [0.2, 0.25) is 0 Å². The highest BCUT2D eigenvalue weighted by molar-refractivity contribution is 5.79. The monoisotopic (exact) mass is 329 g/mol. The molecule has 6 heteroatoms. The highest BCUT2D eigenvalue weighted by atomic mass is 19.1. The molecule has 0 fully saturated rings. The molecule has 126 valence electrons.